The van der Waals surface area contributed by atoms with E-state index < -0.39 is 5.97 Å². The van der Waals surface area contributed by atoms with Gasteiger partial charge in [-0.1, -0.05) is 18.7 Å². The lowest BCUT2D eigenvalue weighted by atomic mass is 9.85. The van der Waals surface area contributed by atoms with E-state index in [1.807, 2.05) is 12.2 Å². The lowest BCUT2D eigenvalue weighted by Crippen LogP contribution is -2.37. The van der Waals surface area contributed by atoms with Gasteiger partial charge in [-0.3, -0.25) is 14.5 Å². The van der Waals surface area contributed by atoms with Gasteiger partial charge >= 0.3 is 5.97 Å². The molecule has 4 unspecified atom stereocenters. The Balaban J connectivity index is 1.05. The van der Waals surface area contributed by atoms with Gasteiger partial charge in [0.1, 0.15) is 6.61 Å². The van der Waals surface area contributed by atoms with Crippen LogP contribution in [0.2, 0.25) is 0 Å². The molecular formula is C24H35NO10. The topological polar surface area (TPSA) is 119 Å². The van der Waals surface area contributed by atoms with Gasteiger partial charge in [-0.05, 0) is 6.92 Å². The van der Waals surface area contributed by atoms with Crippen molar-refractivity contribution in [2.45, 2.75) is 19.1 Å². The average Bonchev–Trinajstić information content (AvgIpc) is 3.52. The van der Waals surface area contributed by atoms with Crippen molar-refractivity contribution in [1.82, 2.24) is 4.90 Å². The van der Waals surface area contributed by atoms with Crippen LogP contribution in [-0.4, -0.2) is 114 Å². The van der Waals surface area contributed by atoms with Crippen molar-refractivity contribution < 1.29 is 47.5 Å². The van der Waals surface area contributed by atoms with Crippen LogP contribution in [0.1, 0.15) is 6.92 Å². The number of fused-ring (bicyclic) bond motifs is 5. The zero-order valence-corrected chi connectivity index (χ0v) is 20.2. The van der Waals surface area contributed by atoms with Crippen molar-refractivity contribution in [3.8, 4) is 0 Å². The summed E-state index contributed by atoms with van der Waals surface area (Å²) in [6, 6.07) is 0. The molecule has 0 saturated carbocycles. The van der Waals surface area contributed by atoms with Crippen molar-refractivity contribution in [1.29, 1.82) is 0 Å². The number of rotatable bonds is 19. The van der Waals surface area contributed by atoms with E-state index in [2.05, 4.69) is 6.58 Å². The second-order valence-electron chi connectivity index (χ2n) is 8.31. The van der Waals surface area contributed by atoms with Gasteiger partial charge in [0.25, 0.3) is 0 Å². The summed E-state index contributed by atoms with van der Waals surface area (Å²) in [5.74, 6) is -1.48. The first-order chi connectivity index (χ1) is 17.0. The number of amides is 2. The second-order valence-corrected chi connectivity index (χ2v) is 8.31. The number of likely N-dealkylation sites (tertiary alicyclic amines) is 1. The molecule has 196 valence electrons. The maximum Gasteiger partial charge on any atom is 0.333 e. The van der Waals surface area contributed by atoms with Crippen LogP contribution in [0.25, 0.3) is 0 Å². The molecule has 2 fully saturated rings. The number of esters is 1. The number of ether oxygens (including phenoxy) is 7. The summed E-state index contributed by atoms with van der Waals surface area (Å²) >= 11 is 0. The van der Waals surface area contributed by atoms with Crippen LogP contribution < -0.4 is 0 Å². The van der Waals surface area contributed by atoms with Gasteiger partial charge in [0.15, 0.2) is 0 Å². The zero-order chi connectivity index (χ0) is 25.0. The van der Waals surface area contributed by atoms with Crippen molar-refractivity contribution in [2.75, 3.05) is 79.2 Å². The molecule has 2 amide bonds. The van der Waals surface area contributed by atoms with E-state index in [-0.39, 0.29) is 55.6 Å². The minimum Gasteiger partial charge on any atom is -0.460 e. The van der Waals surface area contributed by atoms with Crippen LogP contribution >= 0.6 is 0 Å². The second kappa shape index (κ2) is 14.4. The van der Waals surface area contributed by atoms with Crippen LogP contribution in [0, 0.1) is 11.8 Å². The summed E-state index contributed by atoms with van der Waals surface area (Å²) in [4.78, 5) is 37.4. The predicted octanol–water partition coefficient (Wildman–Crippen LogP) is 0.127. The van der Waals surface area contributed by atoms with Crippen LogP contribution in [-0.2, 0) is 47.5 Å². The Bertz CT molecular complexity index is 739. The maximum absolute atomic E-state index is 12.5. The van der Waals surface area contributed by atoms with Gasteiger partial charge in [0.2, 0.25) is 11.8 Å². The highest BCUT2D eigenvalue weighted by atomic mass is 16.6. The van der Waals surface area contributed by atoms with Crippen molar-refractivity contribution in [3.63, 3.8) is 0 Å². The summed E-state index contributed by atoms with van der Waals surface area (Å²) in [7, 11) is 0. The third kappa shape index (κ3) is 7.92. The van der Waals surface area contributed by atoms with E-state index in [1.165, 1.54) is 4.90 Å². The first-order valence-electron chi connectivity index (χ1n) is 11.9. The summed E-state index contributed by atoms with van der Waals surface area (Å²) in [5.41, 5.74) is 0.361. The van der Waals surface area contributed by atoms with E-state index in [9.17, 15) is 14.4 Å². The summed E-state index contributed by atoms with van der Waals surface area (Å²) in [6.45, 7) is 9.45. The van der Waals surface area contributed by atoms with E-state index >= 15 is 0 Å². The standard InChI is InChI=1S/C24H35NO10/c1-17(2)24(28)34-16-15-33-14-13-32-12-11-31-10-9-30-8-7-29-6-5-25-22(26)20-18-3-4-19(35-18)21(20)23(25)27/h3-4,18-21H,1,5-16H2,2H3. The molecule has 0 spiro atoms. The van der Waals surface area contributed by atoms with Gasteiger partial charge in [0, 0.05) is 5.57 Å². The average molecular weight is 498 g/mol. The first kappa shape index (κ1) is 27.4. The molecular weight excluding hydrogens is 462 g/mol. The molecule has 0 radical (unpaired) electrons. The maximum atomic E-state index is 12.5. The number of hydrogen-bond donors (Lipinski definition) is 0. The van der Waals surface area contributed by atoms with E-state index in [0.717, 1.165) is 0 Å². The summed E-state index contributed by atoms with van der Waals surface area (Å²) < 4.78 is 37.5. The van der Waals surface area contributed by atoms with Crippen LogP contribution in [0.15, 0.2) is 24.3 Å². The Hall–Kier alpha value is -2.15. The quantitative estimate of drug-likeness (QED) is 0.0801. The largest absolute Gasteiger partial charge is 0.460 e. The van der Waals surface area contributed by atoms with Crippen molar-refractivity contribution in [2.24, 2.45) is 11.8 Å². The SMILES string of the molecule is C=C(C)C(=O)OCCOCCOCCOCCOCCOCCN1C(=O)C2C3C=CC(O3)C2C1=O. The third-order valence-electron chi connectivity index (χ3n) is 5.76. The highest BCUT2D eigenvalue weighted by Gasteiger charge is 2.60. The molecule has 0 aromatic carbocycles. The molecule has 3 aliphatic rings. The Labute approximate surface area is 205 Å². The minimum absolute atomic E-state index is 0.160. The fourth-order valence-electron chi connectivity index (χ4n) is 4.04. The molecule has 0 aliphatic carbocycles. The predicted molar refractivity (Wildman–Crippen MR) is 121 cm³/mol. The molecule has 0 aromatic heterocycles. The number of hydrogen-bond acceptors (Lipinski definition) is 10. The smallest absolute Gasteiger partial charge is 0.333 e. The number of carbonyl (C=O) groups is 3. The van der Waals surface area contributed by atoms with Gasteiger partial charge in [-0.25, -0.2) is 4.79 Å². The van der Waals surface area contributed by atoms with E-state index in [0.29, 0.717) is 65.0 Å². The molecule has 4 atom stereocenters. The van der Waals surface area contributed by atoms with Crippen LogP contribution in [0.3, 0.4) is 0 Å². The van der Waals surface area contributed by atoms with E-state index in [1.54, 1.807) is 6.92 Å². The molecule has 11 nitrogen and oxygen atoms in total. The molecule has 0 N–H and O–H groups in total. The number of imide groups is 1. The van der Waals surface area contributed by atoms with Gasteiger partial charge in [0.05, 0.1) is 96.7 Å². The van der Waals surface area contributed by atoms with Crippen molar-refractivity contribution in [3.05, 3.63) is 24.3 Å². The molecule has 35 heavy (non-hydrogen) atoms. The van der Waals surface area contributed by atoms with Crippen molar-refractivity contribution >= 4 is 17.8 Å². The fourth-order valence-corrected chi connectivity index (χ4v) is 4.04. The Kier molecular flexibility index (Phi) is 11.3. The lowest BCUT2D eigenvalue weighted by Gasteiger charge is -2.17. The Morgan fingerprint density at radius 1 is 0.771 bits per heavy atom. The highest BCUT2D eigenvalue weighted by molar-refractivity contribution is 6.06. The third-order valence-corrected chi connectivity index (χ3v) is 5.76. The molecule has 2 bridgehead atoms. The zero-order valence-electron chi connectivity index (χ0n) is 20.2. The molecule has 3 rings (SSSR count). The van der Waals surface area contributed by atoms with Gasteiger partial charge in [-0.2, -0.15) is 0 Å². The molecule has 2 saturated heterocycles. The highest BCUT2D eigenvalue weighted by Crippen LogP contribution is 2.44. The number of nitrogens with zero attached hydrogens (tertiary/aromatic N) is 1. The fraction of sp³-hybridized carbons (Fsp3) is 0.708. The monoisotopic (exact) mass is 497 g/mol. The van der Waals surface area contributed by atoms with Gasteiger partial charge in [-0.15, -0.1) is 0 Å². The normalized spacial score (nSPS) is 24.4. The summed E-state index contributed by atoms with van der Waals surface area (Å²) in [5, 5.41) is 0. The van der Waals surface area contributed by atoms with Crippen LogP contribution in [0.5, 0.6) is 0 Å². The lowest BCUT2D eigenvalue weighted by molar-refractivity contribution is -0.143. The number of carbonyl (C=O) groups excluding carboxylic acids is 3. The Morgan fingerprint density at radius 3 is 1.60 bits per heavy atom. The molecule has 3 heterocycles. The first-order valence-corrected chi connectivity index (χ1v) is 11.9. The van der Waals surface area contributed by atoms with Gasteiger partial charge < -0.3 is 33.2 Å². The molecule has 3 aliphatic heterocycles. The van der Waals surface area contributed by atoms with Crippen LogP contribution in [0.4, 0.5) is 0 Å². The van der Waals surface area contributed by atoms with E-state index in [4.69, 9.17) is 33.2 Å². The summed E-state index contributed by atoms with van der Waals surface area (Å²) in [6.07, 6.45) is 3.22. The minimum atomic E-state index is -0.422. The molecule has 0 aromatic rings. The molecule has 11 heteroatoms. The Morgan fingerprint density at radius 2 is 1.17 bits per heavy atom.